The minimum absolute atomic E-state index is 0.136. The van der Waals surface area contributed by atoms with Gasteiger partial charge in [0.25, 0.3) is 0 Å². The molecule has 1 atom stereocenters. The van der Waals surface area contributed by atoms with Gasteiger partial charge in [0.05, 0.1) is 5.25 Å². The minimum atomic E-state index is -0.351. The molecule has 5 nitrogen and oxygen atoms in total. The van der Waals surface area contributed by atoms with Gasteiger partial charge in [-0.15, -0.1) is 5.10 Å². The molecule has 0 saturated carbocycles. The van der Waals surface area contributed by atoms with Gasteiger partial charge in [0.15, 0.2) is 0 Å². The number of benzene rings is 2. The van der Waals surface area contributed by atoms with Crippen molar-refractivity contribution in [1.29, 1.82) is 0 Å². The van der Waals surface area contributed by atoms with Gasteiger partial charge >= 0.3 is 0 Å². The topological polar surface area (TPSA) is 70.7 Å². The lowest BCUT2D eigenvalue weighted by atomic mass is 10.2. The molecule has 26 heavy (non-hydrogen) atoms. The molecule has 0 aliphatic carbocycles. The maximum atomic E-state index is 12.3. The van der Waals surface area contributed by atoms with Crippen molar-refractivity contribution in [3.8, 4) is 0 Å². The van der Waals surface area contributed by atoms with Crippen molar-refractivity contribution in [3.05, 3.63) is 71.0 Å². The zero-order chi connectivity index (χ0) is 18.4. The summed E-state index contributed by atoms with van der Waals surface area (Å²) in [6, 6.07) is 17.0. The Morgan fingerprint density at radius 1 is 1.19 bits per heavy atom. The van der Waals surface area contributed by atoms with Crippen molar-refractivity contribution >= 4 is 47.1 Å². The number of anilines is 1. The van der Waals surface area contributed by atoms with Crippen LogP contribution in [0.15, 0.2) is 59.8 Å². The highest BCUT2D eigenvalue weighted by molar-refractivity contribution is 8.00. The van der Waals surface area contributed by atoms with Gasteiger partial charge in [-0.3, -0.25) is 9.89 Å². The molecule has 1 aromatic heterocycles. The molecule has 0 aliphatic rings. The quantitative estimate of drug-likeness (QED) is 0.602. The molecule has 0 saturated heterocycles. The number of carbonyl (C=O) groups is 1. The second-order valence-electron chi connectivity index (χ2n) is 5.51. The van der Waals surface area contributed by atoms with Crippen molar-refractivity contribution in [3.63, 3.8) is 0 Å². The average molecular weight is 385 g/mol. The summed E-state index contributed by atoms with van der Waals surface area (Å²) in [6.45, 7) is 1.81. The normalized spacial score (nSPS) is 12.2. The minimum Gasteiger partial charge on any atom is -0.325 e. The third-order valence-electron chi connectivity index (χ3n) is 3.46. The first-order chi connectivity index (χ1) is 12.6. The fourth-order valence-electron chi connectivity index (χ4n) is 2.15. The standard InChI is InChI=1S/C19H17ClN4OS/c1-13(18(25)21-16-9-5-8-15(20)12-16)26-19-22-17(23-24-19)11-10-14-6-3-2-4-7-14/h2-13H,1H3,(H,21,25)(H,22,23,24)/b11-10+. The maximum absolute atomic E-state index is 12.3. The number of aromatic nitrogens is 3. The Morgan fingerprint density at radius 2 is 2.00 bits per heavy atom. The van der Waals surface area contributed by atoms with Gasteiger partial charge < -0.3 is 5.32 Å². The summed E-state index contributed by atoms with van der Waals surface area (Å²) in [4.78, 5) is 16.7. The van der Waals surface area contributed by atoms with Crippen molar-refractivity contribution in [2.75, 3.05) is 5.32 Å². The summed E-state index contributed by atoms with van der Waals surface area (Å²) in [6.07, 6.45) is 3.80. The Kier molecular flexibility index (Phi) is 6.09. The van der Waals surface area contributed by atoms with Crippen molar-refractivity contribution in [1.82, 2.24) is 15.2 Å². The molecule has 3 aromatic rings. The Morgan fingerprint density at radius 3 is 2.77 bits per heavy atom. The summed E-state index contributed by atoms with van der Waals surface area (Å²) < 4.78 is 0. The highest BCUT2D eigenvalue weighted by Gasteiger charge is 2.17. The summed E-state index contributed by atoms with van der Waals surface area (Å²) in [7, 11) is 0. The molecule has 1 heterocycles. The molecule has 0 fully saturated rings. The van der Waals surface area contributed by atoms with Crippen LogP contribution in [-0.4, -0.2) is 26.3 Å². The number of carbonyl (C=O) groups excluding carboxylic acids is 1. The van der Waals surface area contributed by atoms with E-state index in [0.717, 1.165) is 5.56 Å². The third-order valence-corrected chi connectivity index (χ3v) is 4.66. The Balaban J connectivity index is 1.57. The first-order valence-corrected chi connectivity index (χ1v) is 9.24. The molecule has 2 aromatic carbocycles. The second-order valence-corrected chi connectivity index (χ2v) is 7.25. The van der Waals surface area contributed by atoms with E-state index in [9.17, 15) is 4.79 Å². The number of thioether (sulfide) groups is 1. The van der Waals surface area contributed by atoms with Crippen LogP contribution in [0.5, 0.6) is 0 Å². The van der Waals surface area contributed by atoms with Crippen LogP contribution in [0.4, 0.5) is 5.69 Å². The first-order valence-electron chi connectivity index (χ1n) is 7.99. The van der Waals surface area contributed by atoms with E-state index in [2.05, 4.69) is 20.5 Å². The van der Waals surface area contributed by atoms with Gasteiger partial charge in [0.1, 0.15) is 5.82 Å². The van der Waals surface area contributed by atoms with Gasteiger partial charge in [-0.2, -0.15) is 0 Å². The van der Waals surface area contributed by atoms with Crippen molar-refractivity contribution in [2.24, 2.45) is 0 Å². The second kappa shape index (κ2) is 8.69. The van der Waals surface area contributed by atoms with Crippen LogP contribution in [0.25, 0.3) is 12.2 Å². The molecule has 0 spiro atoms. The molecular formula is C19H17ClN4OS. The maximum Gasteiger partial charge on any atom is 0.237 e. The van der Waals surface area contributed by atoms with Crippen LogP contribution in [0, 0.1) is 0 Å². The predicted octanol–water partition coefficient (Wildman–Crippen LogP) is 4.75. The number of amides is 1. The predicted molar refractivity (Wildman–Crippen MR) is 107 cm³/mol. The number of hydrogen-bond acceptors (Lipinski definition) is 4. The summed E-state index contributed by atoms with van der Waals surface area (Å²) >= 11 is 7.21. The van der Waals surface area contributed by atoms with E-state index in [1.807, 2.05) is 42.5 Å². The number of nitrogens with one attached hydrogen (secondary N) is 2. The van der Waals surface area contributed by atoms with Gasteiger partial charge in [0.2, 0.25) is 11.1 Å². The monoisotopic (exact) mass is 384 g/mol. The van der Waals surface area contributed by atoms with E-state index in [1.165, 1.54) is 11.8 Å². The van der Waals surface area contributed by atoms with Gasteiger partial charge in [0, 0.05) is 10.7 Å². The van der Waals surface area contributed by atoms with E-state index in [0.29, 0.717) is 21.7 Å². The highest BCUT2D eigenvalue weighted by Crippen LogP contribution is 2.22. The highest BCUT2D eigenvalue weighted by atomic mass is 35.5. The molecule has 0 radical (unpaired) electrons. The lowest BCUT2D eigenvalue weighted by molar-refractivity contribution is -0.115. The van der Waals surface area contributed by atoms with E-state index < -0.39 is 0 Å². The van der Waals surface area contributed by atoms with Crippen molar-refractivity contribution in [2.45, 2.75) is 17.3 Å². The van der Waals surface area contributed by atoms with E-state index in [-0.39, 0.29) is 11.2 Å². The van der Waals surface area contributed by atoms with Crippen LogP contribution in [0.2, 0.25) is 5.02 Å². The summed E-state index contributed by atoms with van der Waals surface area (Å²) in [5, 5.41) is 10.6. The molecule has 0 bridgehead atoms. The Bertz CT molecular complexity index is 911. The fourth-order valence-corrected chi connectivity index (χ4v) is 3.07. The number of hydrogen-bond donors (Lipinski definition) is 2. The smallest absolute Gasteiger partial charge is 0.237 e. The van der Waals surface area contributed by atoms with Crippen molar-refractivity contribution < 1.29 is 4.79 Å². The SMILES string of the molecule is CC(Sc1n[nH]c(/C=C/c2ccccc2)n1)C(=O)Nc1cccc(Cl)c1. The van der Waals surface area contributed by atoms with Crippen LogP contribution >= 0.6 is 23.4 Å². The average Bonchev–Trinajstić information content (AvgIpc) is 3.08. The van der Waals surface area contributed by atoms with Crippen LogP contribution in [-0.2, 0) is 4.79 Å². The molecule has 1 amide bonds. The molecule has 132 valence electrons. The lowest BCUT2D eigenvalue weighted by Gasteiger charge is -2.10. The molecule has 1 unspecified atom stereocenters. The molecule has 3 rings (SSSR count). The zero-order valence-electron chi connectivity index (χ0n) is 14.0. The molecule has 7 heteroatoms. The van der Waals surface area contributed by atoms with Gasteiger partial charge in [-0.25, -0.2) is 4.98 Å². The third kappa shape index (κ3) is 5.21. The zero-order valence-corrected chi connectivity index (χ0v) is 15.6. The molecular weight excluding hydrogens is 368 g/mol. The Hall–Kier alpha value is -2.57. The number of nitrogens with zero attached hydrogens (tertiary/aromatic N) is 2. The van der Waals surface area contributed by atoms with Crippen LogP contribution < -0.4 is 5.32 Å². The number of rotatable bonds is 6. The van der Waals surface area contributed by atoms with Gasteiger partial charge in [-0.05, 0) is 36.8 Å². The number of halogens is 1. The molecule has 2 N–H and O–H groups in total. The first kappa shape index (κ1) is 18.2. The van der Waals surface area contributed by atoms with Gasteiger partial charge in [-0.1, -0.05) is 65.8 Å². The van der Waals surface area contributed by atoms with E-state index >= 15 is 0 Å². The van der Waals surface area contributed by atoms with E-state index in [4.69, 9.17) is 11.6 Å². The fraction of sp³-hybridized carbons (Fsp3) is 0.105. The lowest BCUT2D eigenvalue weighted by Crippen LogP contribution is -2.22. The summed E-state index contributed by atoms with van der Waals surface area (Å²) in [5.74, 6) is 0.502. The van der Waals surface area contributed by atoms with E-state index in [1.54, 1.807) is 31.2 Å². The molecule has 0 aliphatic heterocycles. The number of aromatic amines is 1. The van der Waals surface area contributed by atoms with Crippen LogP contribution in [0.1, 0.15) is 18.3 Å². The summed E-state index contributed by atoms with van der Waals surface area (Å²) in [5.41, 5.74) is 1.74. The number of H-pyrrole nitrogens is 1. The Labute approximate surface area is 160 Å². The van der Waals surface area contributed by atoms with Crippen LogP contribution in [0.3, 0.4) is 0 Å². The largest absolute Gasteiger partial charge is 0.325 e.